The minimum absolute atomic E-state index is 0.0113. The fourth-order valence-corrected chi connectivity index (χ4v) is 3.43. The number of halogens is 2. The van der Waals surface area contributed by atoms with Crippen molar-refractivity contribution in [1.82, 2.24) is 0 Å². The molecule has 0 aromatic heterocycles. The largest absolute Gasteiger partial charge is 0.481 e. The lowest BCUT2D eigenvalue weighted by Gasteiger charge is -2.29. The van der Waals surface area contributed by atoms with Crippen LogP contribution in [0, 0.1) is 11.3 Å². The van der Waals surface area contributed by atoms with Gasteiger partial charge in [-0.1, -0.05) is 29.3 Å². The molecule has 0 saturated carbocycles. The third-order valence-electron chi connectivity index (χ3n) is 4.65. The second-order valence-corrected chi connectivity index (χ2v) is 7.30. The lowest BCUT2D eigenvalue weighted by atomic mass is 9.75. The van der Waals surface area contributed by atoms with Crippen LogP contribution in [0.5, 0.6) is 0 Å². The summed E-state index contributed by atoms with van der Waals surface area (Å²) in [6, 6.07) is 7.49. The highest BCUT2D eigenvalue weighted by atomic mass is 35.5. The van der Waals surface area contributed by atoms with Gasteiger partial charge in [0.1, 0.15) is 0 Å². The number of rotatable bonds is 9. The molecule has 5 nitrogen and oxygen atoms in total. The number of carboxylic acids is 1. The summed E-state index contributed by atoms with van der Waals surface area (Å²) in [5.74, 6) is -0.877. The zero-order valence-electron chi connectivity index (χ0n) is 14.5. The maximum absolute atomic E-state index is 10.9. The van der Waals surface area contributed by atoms with Crippen LogP contribution in [0.15, 0.2) is 18.2 Å². The average Bonchev–Trinajstić information content (AvgIpc) is 2.63. The minimum Gasteiger partial charge on any atom is -0.481 e. The maximum atomic E-state index is 10.9. The van der Waals surface area contributed by atoms with Crippen molar-refractivity contribution in [3.63, 3.8) is 0 Å². The van der Waals surface area contributed by atoms with E-state index in [4.69, 9.17) is 37.8 Å². The third kappa shape index (κ3) is 5.85. The van der Waals surface area contributed by atoms with Gasteiger partial charge in [0.15, 0.2) is 6.29 Å². The Morgan fingerprint density at radius 2 is 2.15 bits per heavy atom. The summed E-state index contributed by atoms with van der Waals surface area (Å²) in [5.41, 5.74) is -0.147. The molecule has 7 heteroatoms. The SMILES string of the molecule is N#CC(CCCC(=O)O)(CCOC1CCCCO1)c1ccc(Cl)c(Cl)c1. The van der Waals surface area contributed by atoms with Crippen LogP contribution >= 0.6 is 23.2 Å². The summed E-state index contributed by atoms with van der Waals surface area (Å²) >= 11 is 12.1. The summed E-state index contributed by atoms with van der Waals surface area (Å²) in [6.07, 6.45) is 3.97. The molecule has 0 aliphatic carbocycles. The van der Waals surface area contributed by atoms with E-state index in [-0.39, 0.29) is 12.7 Å². The molecular formula is C19H23Cl2NO4. The lowest BCUT2D eigenvalue weighted by molar-refractivity contribution is -0.164. The van der Waals surface area contributed by atoms with E-state index < -0.39 is 11.4 Å². The van der Waals surface area contributed by atoms with E-state index in [0.717, 1.165) is 24.8 Å². The van der Waals surface area contributed by atoms with Crippen LogP contribution in [0.3, 0.4) is 0 Å². The molecule has 2 atom stereocenters. The molecule has 1 heterocycles. The van der Waals surface area contributed by atoms with Gasteiger partial charge in [0.25, 0.3) is 0 Å². The summed E-state index contributed by atoms with van der Waals surface area (Å²) < 4.78 is 11.4. The van der Waals surface area contributed by atoms with Crippen molar-refractivity contribution in [2.24, 2.45) is 0 Å². The zero-order valence-corrected chi connectivity index (χ0v) is 16.1. The summed E-state index contributed by atoms with van der Waals surface area (Å²) in [5, 5.41) is 19.6. The van der Waals surface area contributed by atoms with Gasteiger partial charge >= 0.3 is 5.97 Å². The molecule has 2 unspecified atom stereocenters. The van der Waals surface area contributed by atoms with Crippen LogP contribution < -0.4 is 0 Å². The van der Waals surface area contributed by atoms with E-state index in [9.17, 15) is 10.1 Å². The fourth-order valence-electron chi connectivity index (χ4n) is 3.13. The molecule has 1 N–H and O–H groups in total. The van der Waals surface area contributed by atoms with Crippen molar-refractivity contribution >= 4 is 29.2 Å². The molecule has 2 rings (SSSR count). The van der Waals surface area contributed by atoms with Gasteiger partial charge in [-0.15, -0.1) is 0 Å². The standard InChI is InChI=1S/C19H23Cl2NO4/c20-15-7-6-14(12-16(15)21)19(13-22,8-3-4-17(23)24)9-11-26-18-5-1-2-10-25-18/h6-7,12,18H,1-5,8-11H2,(H,23,24). The molecule has 26 heavy (non-hydrogen) atoms. The first-order valence-electron chi connectivity index (χ1n) is 8.78. The number of nitrogens with zero attached hydrogens (tertiary/aromatic N) is 1. The Kier molecular flexibility index (Phi) is 8.17. The van der Waals surface area contributed by atoms with Gasteiger partial charge in [-0.25, -0.2) is 0 Å². The number of benzene rings is 1. The smallest absolute Gasteiger partial charge is 0.303 e. The number of nitriles is 1. The number of carboxylic acid groups (broad SMARTS) is 1. The zero-order chi connectivity index (χ0) is 19.0. The molecule has 1 aromatic rings. The highest BCUT2D eigenvalue weighted by Gasteiger charge is 2.33. The van der Waals surface area contributed by atoms with Crippen molar-refractivity contribution < 1.29 is 19.4 Å². The van der Waals surface area contributed by atoms with Gasteiger partial charge in [0, 0.05) is 13.0 Å². The van der Waals surface area contributed by atoms with Crippen molar-refractivity contribution in [3.8, 4) is 6.07 Å². The molecule has 1 aliphatic rings. The number of aliphatic carboxylic acids is 1. The first kappa shape index (κ1) is 21.0. The van der Waals surface area contributed by atoms with Gasteiger partial charge < -0.3 is 14.6 Å². The molecule has 1 saturated heterocycles. The normalized spacial score (nSPS) is 19.5. The number of carbonyl (C=O) groups is 1. The highest BCUT2D eigenvalue weighted by molar-refractivity contribution is 6.42. The first-order valence-corrected chi connectivity index (χ1v) is 9.54. The van der Waals surface area contributed by atoms with E-state index in [1.807, 2.05) is 0 Å². The summed E-state index contributed by atoms with van der Waals surface area (Å²) in [6.45, 7) is 1.05. The quantitative estimate of drug-likeness (QED) is 0.635. The second kappa shape index (κ2) is 10.1. The van der Waals surface area contributed by atoms with Crippen LogP contribution in [0.2, 0.25) is 10.0 Å². The second-order valence-electron chi connectivity index (χ2n) is 6.49. The molecule has 0 radical (unpaired) electrons. The Labute approximate surface area is 163 Å². The van der Waals surface area contributed by atoms with Gasteiger partial charge in [0.2, 0.25) is 0 Å². The maximum Gasteiger partial charge on any atom is 0.303 e. The average molecular weight is 400 g/mol. The number of ether oxygens (including phenoxy) is 2. The molecule has 1 aromatic carbocycles. The van der Waals surface area contributed by atoms with Crippen molar-refractivity contribution in [1.29, 1.82) is 5.26 Å². The predicted molar refractivity (Wildman–Crippen MR) is 99.4 cm³/mol. The Hall–Kier alpha value is -1.32. The fraction of sp³-hybridized carbons (Fsp3) is 0.579. The Morgan fingerprint density at radius 3 is 2.77 bits per heavy atom. The Morgan fingerprint density at radius 1 is 1.35 bits per heavy atom. The van der Waals surface area contributed by atoms with Crippen LogP contribution in [0.4, 0.5) is 0 Å². The van der Waals surface area contributed by atoms with Crippen LogP contribution in [0.25, 0.3) is 0 Å². The molecule has 0 spiro atoms. The van der Waals surface area contributed by atoms with Gasteiger partial charge in [-0.05, 0) is 56.2 Å². The predicted octanol–water partition coefficient (Wildman–Crippen LogP) is 4.94. The topological polar surface area (TPSA) is 79.6 Å². The summed E-state index contributed by atoms with van der Waals surface area (Å²) in [4.78, 5) is 10.9. The van der Waals surface area contributed by atoms with E-state index >= 15 is 0 Å². The minimum atomic E-state index is -0.877. The third-order valence-corrected chi connectivity index (χ3v) is 5.39. The van der Waals surface area contributed by atoms with E-state index in [1.165, 1.54) is 0 Å². The van der Waals surface area contributed by atoms with Crippen LogP contribution in [0.1, 0.15) is 50.5 Å². The van der Waals surface area contributed by atoms with Crippen molar-refractivity contribution in [3.05, 3.63) is 33.8 Å². The van der Waals surface area contributed by atoms with E-state index in [0.29, 0.717) is 42.5 Å². The molecule has 0 amide bonds. The molecule has 1 aliphatic heterocycles. The van der Waals surface area contributed by atoms with Crippen LogP contribution in [-0.4, -0.2) is 30.6 Å². The number of hydrogen-bond acceptors (Lipinski definition) is 4. The van der Waals surface area contributed by atoms with E-state index in [1.54, 1.807) is 18.2 Å². The monoisotopic (exact) mass is 399 g/mol. The van der Waals surface area contributed by atoms with Crippen LogP contribution in [-0.2, 0) is 19.7 Å². The highest BCUT2D eigenvalue weighted by Crippen LogP contribution is 2.36. The molecule has 1 fully saturated rings. The van der Waals surface area contributed by atoms with Crippen molar-refractivity contribution in [2.75, 3.05) is 13.2 Å². The first-order chi connectivity index (χ1) is 12.5. The van der Waals surface area contributed by atoms with Gasteiger partial charge in [-0.2, -0.15) is 5.26 Å². The molecule has 142 valence electrons. The number of hydrogen-bond donors (Lipinski definition) is 1. The Bertz CT molecular complexity index is 655. The van der Waals surface area contributed by atoms with Gasteiger partial charge in [-0.3, -0.25) is 4.79 Å². The lowest BCUT2D eigenvalue weighted by Crippen LogP contribution is -2.29. The molecule has 0 bridgehead atoms. The van der Waals surface area contributed by atoms with Crippen molar-refractivity contribution in [2.45, 2.75) is 56.7 Å². The Balaban J connectivity index is 2.11. The van der Waals surface area contributed by atoms with E-state index in [2.05, 4.69) is 6.07 Å². The summed E-state index contributed by atoms with van der Waals surface area (Å²) in [7, 11) is 0. The molecular weight excluding hydrogens is 377 g/mol. The van der Waals surface area contributed by atoms with Gasteiger partial charge in [0.05, 0.1) is 28.1 Å².